The number of likely N-dealkylation sites (N-methyl/N-ethyl adjacent to an activating group) is 1. The van der Waals surface area contributed by atoms with E-state index in [1.165, 1.54) is 0 Å². The van der Waals surface area contributed by atoms with Crippen LogP contribution in [0, 0.1) is 0 Å². The molecule has 0 aliphatic heterocycles. The first-order valence-electron chi connectivity index (χ1n) is 5.34. The Bertz CT molecular complexity index is 513. The average molecular weight is 216 g/mol. The summed E-state index contributed by atoms with van der Waals surface area (Å²) in [4.78, 5) is 16.8. The first kappa shape index (κ1) is 10.9. The molecule has 0 aliphatic carbocycles. The average Bonchev–Trinajstić information content (AvgIpc) is 2.61. The number of Topliss-reactive ketones (excluding diaryl/α,β-unsaturated/α-hetero) is 1. The van der Waals surface area contributed by atoms with Gasteiger partial charge in [-0.25, -0.2) is 0 Å². The van der Waals surface area contributed by atoms with Crippen molar-refractivity contribution in [1.29, 1.82) is 0 Å². The Hall–Kier alpha value is -1.61. The summed E-state index contributed by atoms with van der Waals surface area (Å²) in [5.74, 6) is 0.162. The van der Waals surface area contributed by atoms with Crippen LogP contribution in [0.25, 0.3) is 10.9 Å². The quantitative estimate of drug-likeness (QED) is 0.855. The molecule has 0 saturated carbocycles. The SMILES string of the molecule is CC(=O)C(c1c[nH]c2ccccc12)N(C)C. The summed E-state index contributed by atoms with van der Waals surface area (Å²) in [5, 5.41) is 1.12. The Kier molecular flexibility index (Phi) is 2.79. The van der Waals surface area contributed by atoms with E-state index < -0.39 is 0 Å². The fourth-order valence-corrected chi connectivity index (χ4v) is 2.18. The van der Waals surface area contributed by atoms with E-state index in [0.29, 0.717) is 0 Å². The molecule has 0 radical (unpaired) electrons. The minimum Gasteiger partial charge on any atom is -0.361 e. The molecule has 1 aromatic carbocycles. The van der Waals surface area contributed by atoms with E-state index in [-0.39, 0.29) is 11.8 Å². The van der Waals surface area contributed by atoms with E-state index in [0.717, 1.165) is 16.5 Å². The maximum Gasteiger partial charge on any atom is 0.151 e. The molecule has 2 aromatic rings. The molecule has 0 saturated heterocycles. The molecule has 0 bridgehead atoms. The molecule has 3 nitrogen and oxygen atoms in total. The van der Waals surface area contributed by atoms with Crippen LogP contribution in [-0.4, -0.2) is 29.8 Å². The number of para-hydroxylation sites is 1. The van der Waals surface area contributed by atoms with Gasteiger partial charge in [0, 0.05) is 22.7 Å². The Labute approximate surface area is 95.1 Å². The van der Waals surface area contributed by atoms with Crippen LogP contribution in [0.1, 0.15) is 18.5 Å². The lowest BCUT2D eigenvalue weighted by Crippen LogP contribution is -2.25. The number of ketones is 1. The minimum atomic E-state index is -0.170. The molecule has 1 heterocycles. The Balaban J connectivity index is 2.57. The summed E-state index contributed by atoms with van der Waals surface area (Å²) in [5.41, 5.74) is 2.12. The highest BCUT2D eigenvalue weighted by Crippen LogP contribution is 2.27. The molecule has 0 aliphatic rings. The third kappa shape index (κ3) is 1.74. The first-order valence-corrected chi connectivity index (χ1v) is 5.34. The van der Waals surface area contributed by atoms with Gasteiger partial charge in [-0.3, -0.25) is 9.69 Å². The zero-order valence-corrected chi connectivity index (χ0v) is 9.82. The van der Waals surface area contributed by atoms with Gasteiger partial charge >= 0.3 is 0 Å². The van der Waals surface area contributed by atoms with E-state index in [9.17, 15) is 4.79 Å². The van der Waals surface area contributed by atoms with Crippen molar-refractivity contribution in [2.75, 3.05) is 14.1 Å². The smallest absolute Gasteiger partial charge is 0.151 e. The number of nitrogens with zero attached hydrogens (tertiary/aromatic N) is 1. The Morgan fingerprint density at radius 2 is 2.00 bits per heavy atom. The van der Waals surface area contributed by atoms with Gasteiger partial charge in [0.15, 0.2) is 5.78 Å². The summed E-state index contributed by atoms with van der Waals surface area (Å²) >= 11 is 0. The van der Waals surface area contributed by atoms with Gasteiger partial charge in [0.1, 0.15) is 0 Å². The lowest BCUT2D eigenvalue weighted by molar-refractivity contribution is -0.121. The molecule has 0 amide bonds. The van der Waals surface area contributed by atoms with Crippen molar-refractivity contribution in [1.82, 2.24) is 9.88 Å². The number of fused-ring (bicyclic) bond motifs is 1. The van der Waals surface area contributed by atoms with Crippen molar-refractivity contribution in [3.8, 4) is 0 Å². The maximum absolute atomic E-state index is 11.7. The molecule has 0 spiro atoms. The van der Waals surface area contributed by atoms with Gasteiger partial charge in [0.25, 0.3) is 0 Å². The summed E-state index contributed by atoms with van der Waals surface area (Å²) in [6.07, 6.45) is 1.93. The summed E-state index contributed by atoms with van der Waals surface area (Å²) in [6, 6.07) is 7.87. The summed E-state index contributed by atoms with van der Waals surface area (Å²) in [7, 11) is 3.85. The lowest BCUT2D eigenvalue weighted by Gasteiger charge is -2.21. The van der Waals surface area contributed by atoms with E-state index in [1.807, 2.05) is 49.5 Å². The van der Waals surface area contributed by atoms with Gasteiger partial charge < -0.3 is 4.98 Å². The lowest BCUT2D eigenvalue weighted by atomic mass is 10.0. The van der Waals surface area contributed by atoms with Crippen molar-refractivity contribution in [3.63, 3.8) is 0 Å². The number of carbonyl (C=O) groups excluding carboxylic acids is 1. The second-order valence-corrected chi connectivity index (χ2v) is 4.27. The van der Waals surface area contributed by atoms with Gasteiger partial charge in [-0.2, -0.15) is 0 Å². The predicted octanol–water partition coefficient (Wildman–Crippen LogP) is 2.36. The van der Waals surface area contributed by atoms with Crippen molar-refractivity contribution in [3.05, 3.63) is 36.0 Å². The van der Waals surface area contributed by atoms with E-state index in [4.69, 9.17) is 0 Å². The Morgan fingerprint density at radius 3 is 2.62 bits per heavy atom. The zero-order valence-electron chi connectivity index (χ0n) is 9.82. The van der Waals surface area contributed by atoms with Gasteiger partial charge in [-0.15, -0.1) is 0 Å². The second kappa shape index (κ2) is 4.10. The number of aromatic nitrogens is 1. The van der Waals surface area contributed by atoms with Crippen molar-refractivity contribution in [2.24, 2.45) is 0 Å². The standard InChI is InChI=1S/C13H16N2O/c1-9(16)13(15(2)3)11-8-14-12-7-5-4-6-10(11)12/h4-8,13-14H,1-3H3. The second-order valence-electron chi connectivity index (χ2n) is 4.27. The van der Waals surface area contributed by atoms with Crippen molar-refractivity contribution in [2.45, 2.75) is 13.0 Å². The number of hydrogen-bond acceptors (Lipinski definition) is 2. The molecule has 1 unspecified atom stereocenters. The van der Waals surface area contributed by atoms with Crippen LogP contribution < -0.4 is 0 Å². The normalized spacial score (nSPS) is 13.2. The molecule has 3 heteroatoms. The Morgan fingerprint density at radius 1 is 1.31 bits per heavy atom. The topological polar surface area (TPSA) is 36.1 Å². The number of aromatic amines is 1. The number of benzene rings is 1. The number of nitrogens with one attached hydrogen (secondary N) is 1. The maximum atomic E-state index is 11.7. The molecule has 1 atom stereocenters. The van der Waals surface area contributed by atoms with Crippen LogP contribution in [0.3, 0.4) is 0 Å². The monoisotopic (exact) mass is 216 g/mol. The fourth-order valence-electron chi connectivity index (χ4n) is 2.18. The van der Waals surface area contributed by atoms with Crippen molar-refractivity contribution >= 4 is 16.7 Å². The van der Waals surface area contributed by atoms with Gasteiger partial charge in [0.2, 0.25) is 0 Å². The largest absolute Gasteiger partial charge is 0.361 e. The van der Waals surface area contributed by atoms with Crippen LogP contribution in [0.15, 0.2) is 30.5 Å². The van der Waals surface area contributed by atoms with Crippen LogP contribution in [0.4, 0.5) is 0 Å². The molecule has 2 rings (SSSR count). The van der Waals surface area contributed by atoms with E-state index in [2.05, 4.69) is 4.98 Å². The highest BCUT2D eigenvalue weighted by atomic mass is 16.1. The molecule has 0 fully saturated rings. The highest BCUT2D eigenvalue weighted by molar-refractivity contribution is 5.91. The first-order chi connectivity index (χ1) is 7.61. The highest BCUT2D eigenvalue weighted by Gasteiger charge is 2.21. The van der Waals surface area contributed by atoms with E-state index >= 15 is 0 Å². The zero-order chi connectivity index (χ0) is 11.7. The summed E-state index contributed by atoms with van der Waals surface area (Å²) in [6.45, 7) is 1.63. The third-order valence-electron chi connectivity index (χ3n) is 2.82. The molecular formula is C13H16N2O. The van der Waals surface area contributed by atoms with Crippen LogP contribution in [0.2, 0.25) is 0 Å². The molecule has 84 valence electrons. The molecular weight excluding hydrogens is 200 g/mol. The van der Waals surface area contributed by atoms with Crippen LogP contribution in [-0.2, 0) is 4.79 Å². The minimum absolute atomic E-state index is 0.162. The molecule has 1 N–H and O–H groups in total. The number of carbonyl (C=O) groups is 1. The summed E-state index contributed by atoms with van der Waals surface area (Å²) < 4.78 is 0. The number of rotatable bonds is 3. The molecule has 1 aromatic heterocycles. The molecule has 16 heavy (non-hydrogen) atoms. The van der Waals surface area contributed by atoms with Crippen LogP contribution >= 0.6 is 0 Å². The fraction of sp³-hybridized carbons (Fsp3) is 0.308. The van der Waals surface area contributed by atoms with Crippen LogP contribution in [0.5, 0.6) is 0 Å². The number of H-pyrrole nitrogens is 1. The third-order valence-corrected chi connectivity index (χ3v) is 2.82. The van der Waals surface area contributed by atoms with Gasteiger partial charge in [0.05, 0.1) is 6.04 Å². The van der Waals surface area contributed by atoms with E-state index in [1.54, 1.807) is 6.92 Å². The predicted molar refractivity (Wildman–Crippen MR) is 65.4 cm³/mol. The van der Waals surface area contributed by atoms with Gasteiger partial charge in [-0.05, 0) is 27.1 Å². The van der Waals surface area contributed by atoms with Gasteiger partial charge in [-0.1, -0.05) is 18.2 Å². The van der Waals surface area contributed by atoms with Crippen molar-refractivity contribution < 1.29 is 4.79 Å². The number of hydrogen-bond donors (Lipinski definition) is 1.